The van der Waals surface area contributed by atoms with E-state index in [1.54, 1.807) is 0 Å². The highest BCUT2D eigenvalue weighted by Gasteiger charge is 2.26. The first kappa shape index (κ1) is 17.9. The predicted molar refractivity (Wildman–Crippen MR) is 108 cm³/mol. The molecule has 4 heteroatoms. The lowest BCUT2D eigenvalue weighted by atomic mass is 9.90. The minimum atomic E-state index is -0.950. The van der Waals surface area contributed by atoms with Gasteiger partial charge in [-0.2, -0.15) is 0 Å². The summed E-state index contributed by atoms with van der Waals surface area (Å²) in [4.78, 5) is 0. The number of hydrogen-bond donors (Lipinski definition) is 1. The predicted octanol–water partition coefficient (Wildman–Crippen LogP) is 6.49. The van der Waals surface area contributed by atoms with Crippen molar-refractivity contribution in [1.82, 2.24) is 0 Å². The molecule has 27 heavy (non-hydrogen) atoms. The van der Waals surface area contributed by atoms with Crippen LogP contribution in [0.1, 0.15) is 30.4 Å². The lowest BCUT2D eigenvalue weighted by molar-refractivity contribution is 0.0468. The maximum atomic E-state index is 10.9. The standard InChI is InChI=1S/C23H21ClO3/c1-15-8-10-20(26-15)22-18-14-17(24)9-11-19(18)27-21(22)12-13-23(2,25)16-6-4-3-5-7-16/h3-11,14,25H,12-13H2,1-2H3/t23-/m1/s1. The molecule has 2 aromatic carbocycles. The van der Waals surface area contributed by atoms with Gasteiger partial charge in [0.05, 0.1) is 11.2 Å². The first-order chi connectivity index (χ1) is 12.9. The SMILES string of the molecule is Cc1ccc(-c2c(CC[C@@](C)(O)c3ccccc3)oc3ccc(Cl)cc23)o1. The normalized spacial score (nSPS) is 13.8. The molecular formula is C23H21ClO3. The molecule has 4 rings (SSSR count). The average molecular weight is 381 g/mol. The van der Waals surface area contributed by atoms with Crippen LogP contribution in [0.2, 0.25) is 5.02 Å². The zero-order valence-electron chi connectivity index (χ0n) is 15.3. The molecule has 4 aromatic rings. The Labute approximate surface area is 163 Å². The fraction of sp³-hybridized carbons (Fsp3) is 0.217. The minimum Gasteiger partial charge on any atom is -0.461 e. The molecule has 1 atom stereocenters. The molecule has 1 N–H and O–H groups in total. The largest absolute Gasteiger partial charge is 0.461 e. The number of furan rings is 2. The van der Waals surface area contributed by atoms with Crippen molar-refractivity contribution < 1.29 is 13.9 Å². The van der Waals surface area contributed by atoms with Crippen molar-refractivity contribution in [2.24, 2.45) is 0 Å². The van der Waals surface area contributed by atoms with Crippen LogP contribution in [0.25, 0.3) is 22.3 Å². The highest BCUT2D eigenvalue weighted by molar-refractivity contribution is 6.31. The van der Waals surface area contributed by atoms with Crippen LogP contribution < -0.4 is 0 Å². The van der Waals surface area contributed by atoms with Gasteiger partial charge < -0.3 is 13.9 Å². The van der Waals surface area contributed by atoms with Gasteiger partial charge in [-0.3, -0.25) is 0 Å². The molecule has 2 heterocycles. The maximum Gasteiger partial charge on any atom is 0.138 e. The molecule has 0 fully saturated rings. The fourth-order valence-corrected chi connectivity index (χ4v) is 3.61. The van der Waals surface area contributed by atoms with Crippen LogP contribution in [0.3, 0.4) is 0 Å². The highest BCUT2D eigenvalue weighted by Crippen LogP contribution is 2.39. The molecule has 0 aliphatic heterocycles. The van der Waals surface area contributed by atoms with Crippen LogP contribution in [0.15, 0.2) is 69.5 Å². The third-order valence-electron chi connectivity index (χ3n) is 4.94. The van der Waals surface area contributed by atoms with Gasteiger partial charge in [0, 0.05) is 16.8 Å². The molecular weight excluding hydrogens is 360 g/mol. The summed E-state index contributed by atoms with van der Waals surface area (Å²) in [5.74, 6) is 2.38. The Kier molecular flexibility index (Phi) is 4.58. The Balaban J connectivity index is 1.73. The summed E-state index contributed by atoms with van der Waals surface area (Å²) in [6.07, 6.45) is 1.10. The van der Waals surface area contributed by atoms with Crippen molar-refractivity contribution in [2.45, 2.75) is 32.3 Å². The molecule has 0 aliphatic rings. The minimum absolute atomic E-state index is 0.525. The summed E-state index contributed by atoms with van der Waals surface area (Å²) in [5.41, 5.74) is 1.61. The van der Waals surface area contributed by atoms with Crippen molar-refractivity contribution in [3.63, 3.8) is 0 Å². The summed E-state index contributed by atoms with van der Waals surface area (Å²) in [5, 5.41) is 12.5. The van der Waals surface area contributed by atoms with E-state index in [1.165, 1.54) is 0 Å². The van der Waals surface area contributed by atoms with E-state index < -0.39 is 5.60 Å². The monoisotopic (exact) mass is 380 g/mol. The maximum absolute atomic E-state index is 10.9. The summed E-state index contributed by atoms with van der Waals surface area (Å²) < 4.78 is 12.0. The number of benzene rings is 2. The molecule has 3 nitrogen and oxygen atoms in total. The molecule has 0 radical (unpaired) electrons. The first-order valence-corrected chi connectivity index (χ1v) is 9.37. The van der Waals surface area contributed by atoms with Crippen molar-refractivity contribution >= 4 is 22.6 Å². The van der Waals surface area contributed by atoms with Crippen molar-refractivity contribution in [3.05, 3.63) is 82.8 Å². The van der Waals surface area contributed by atoms with E-state index in [0.29, 0.717) is 17.9 Å². The van der Waals surface area contributed by atoms with Crippen LogP contribution in [0.5, 0.6) is 0 Å². The zero-order chi connectivity index (χ0) is 19.0. The topological polar surface area (TPSA) is 46.5 Å². The van der Waals surface area contributed by atoms with Crippen LogP contribution in [-0.2, 0) is 12.0 Å². The Bertz CT molecular complexity index is 1070. The van der Waals surface area contributed by atoms with E-state index in [2.05, 4.69) is 0 Å². The summed E-state index contributed by atoms with van der Waals surface area (Å²) in [6.45, 7) is 3.75. The Morgan fingerprint density at radius 3 is 2.48 bits per heavy atom. The first-order valence-electron chi connectivity index (χ1n) is 9.00. The van der Waals surface area contributed by atoms with Crippen molar-refractivity contribution in [2.75, 3.05) is 0 Å². The number of fused-ring (bicyclic) bond motifs is 1. The Morgan fingerprint density at radius 1 is 1.00 bits per heavy atom. The fourth-order valence-electron chi connectivity index (χ4n) is 3.43. The Hall–Kier alpha value is -2.49. The summed E-state index contributed by atoms with van der Waals surface area (Å²) in [7, 11) is 0. The lowest BCUT2D eigenvalue weighted by Crippen LogP contribution is -2.21. The van der Waals surface area contributed by atoms with E-state index >= 15 is 0 Å². The summed E-state index contributed by atoms with van der Waals surface area (Å²) in [6, 6.07) is 19.1. The molecule has 0 saturated carbocycles. The lowest BCUT2D eigenvalue weighted by Gasteiger charge is -2.23. The molecule has 0 bridgehead atoms. The number of hydrogen-bond acceptors (Lipinski definition) is 3. The van der Waals surface area contributed by atoms with Gasteiger partial charge in [-0.1, -0.05) is 41.9 Å². The number of rotatable bonds is 5. The van der Waals surface area contributed by atoms with Gasteiger partial charge >= 0.3 is 0 Å². The van der Waals surface area contributed by atoms with E-state index in [-0.39, 0.29) is 0 Å². The Morgan fingerprint density at radius 2 is 1.78 bits per heavy atom. The van der Waals surface area contributed by atoms with E-state index in [4.69, 9.17) is 20.4 Å². The zero-order valence-corrected chi connectivity index (χ0v) is 16.1. The summed E-state index contributed by atoms with van der Waals surface area (Å²) >= 11 is 6.21. The number of halogens is 1. The van der Waals surface area contributed by atoms with Crippen LogP contribution >= 0.6 is 11.6 Å². The van der Waals surface area contributed by atoms with Gasteiger partial charge in [-0.05, 0) is 56.2 Å². The van der Waals surface area contributed by atoms with Gasteiger partial charge in [0.15, 0.2) is 0 Å². The van der Waals surface area contributed by atoms with Gasteiger partial charge in [-0.15, -0.1) is 0 Å². The smallest absolute Gasteiger partial charge is 0.138 e. The van der Waals surface area contributed by atoms with Crippen molar-refractivity contribution in [1.29, 1.82) is 0 Å². The molecule has 138 valence electrons. The van der Waals surface area contributed by atoms with Crippen LogP contribution in [0, 0.1) is 6.92 Å². The second-order valence-corrected chi connectivity index (χ2v) is 7.53. The number of aliphatic hydroxyl groups is 1. The molecule has 0 aliphatic carbocycles. The second-order valence-electron chi connectivity index (χ2n) is 7.09. The second kappa shape index (κ2) is 6.91. The molecule has 0 spiro atoms. The van der Waals surface area contributed by atoms with Gasteiger partial charge in [-0.25, -0.2) is 0 Å². The molecule has 2 aromatic heterocycles. The van der Waals surface area contributed by atoms with Crippen molar-refractivity contribution in [3.8, 4) is 11.3 Å². The molecule has 0 unspecified atom stereocenters. The van der Waals surface area contributed by atoms with E-state index in [0.717, 1.165) is 39.4 Å². The third-order valence-corrected chi connectivity index (χ3v) is 5.18. The quantitative estimate of drug-likeness (QED) is 0.430. The third kappa shape index (κ3) is 3.53. The molecule has 0 saturated heterocycles. The van der Waals surface area contributed by atoms with E-state index in [9.17, 15) is 5.11 Å². The van der Waals surface area contributed by atoms with E-state index in [1.807, 2.05) is 74.5 Å². The van der Waals surface area contributed by atoms with Gasteiger partial charge in [0.25, 0.3) is 0 Å². The number of aryl methyl sites for hydroxylation is 2. The molecule has 0 amide bonds. The van der Waals surface area contributed by atoms with Gasteiger partial charge in [0.1, 0.15) is 22.9 Å². The van der Waals surface area contributed by atoms with Crippen LogP contribution in [0.4, 0.5) is 0 Å². The highest BCUT2D eigenvalue weighted by atomic mass is 35.5. The van der Waals surface area contributed by atoms with Gasteiger partial charge in [0.2, 0.25) is 0 Å². The average Bonchev–Trinajstić information content (AvgIpc) is 3.23. The van der Waals surface area contributed by atoms with Crippen LogP contribution in [-0.4, -0.2) is 5.11 Å².